The lowest BCUT2D eigenvalue weighted by Gasteiger charge is -2.12. The summed E-state index contributed by atoms with van der Waals surface area (Å²) in [5.74, 6) is 0.606. The van der Waals surface area contributed by atoms with Crippen LogP contribution in [0.5, 0.6) is 0 Å². The van der Waals surface area contributed by atoms with Gasteiger partial charge in [-0.2, -0.15) is 0 Å². The van der Waals surface area contributed by atoms with Crippen LogP contribution < -0.4 is 5.32 Å². The number of aromatic nitrogens is 1. The molecule has 1 aliphatic rings. The van der Waals surface area contributed by atoms with E-state index in [0.717, 1.165) is 33.4 Å². The van der Waals surface area contributed by atoms with Gasteiger partial charge in [0.15, 0.2) is 11.7 Å². The van der Waals surface area contributed by atoms with Gasteiger partial charge in [-0.05, 0) is 30.3 Å². The molecule has 0 aliphatic carbocycles. The quantitative estimate of drug-likeness (QED) is 0.499. The van der Waals surface area contributed by atoms with Crippen LogP contribution in [0.1, 0.15) is 23.4 Å². The number of amides is 3. The van der Waals surface area contributed by atoms with E-state index in [-0.39, 0.29) is 36.6 Å². The maximum absolute atomic E-state index is 12.5. The van der Waals surface area contributed by atoms with Crippen LogP contribution in [0.3, 0.4) is 0 Å². The van der Waals surface area contributed by atoms with Crippen molar-refractivity contribution in [1.82, 2.24) is 15.2 Å². The van der Waals surface area contributed by atoms with Crippen molar-refractivity contribution in [2.24, 2.45) is 0 Å². The molecular weight excluding hydrogens is 438 g/mol. The predicted molar refractivity (Wildman–Crippen MR) is 127 cm³/mol. The van der Waals surface area contributed by atoms with Gasteiger partial charge in [0, 0.05) is 31.5 Å². The Labute approximate surface area is 195 Å². The molecule has 2 heterocycles. The molecule has 0 atom stereocenters. The first-order valence-electron chi connectivity index (χ1n) is 10.6. The van der Waals surface area contributed by atoms with Crippen molar-refractivity contribution >= 4 is 34.9 Å². The number of hydrogen-bond donors (Lipinski definition) is 1. The number of benzene rings is 2. The second kappa shape index (κ2) is 10.3. The Morgan fingerprint density at radius 1 is 1.12 bits per heavy atom. The summed E-state index contributed by atoms with van der Waals surface area (Å²) in [5.41, 5.74) is 2.95. The number of oxazole rings is 1. The van der Waals surface area contributed by atoms with E-state index in [9.17, 15) is 14.4 Å². The van der Waals surface area contributed by atoms with Crippen LogP contribution in [0.4, 0.5) is 4.79 Å². The molecule has 0 unspecified atom stereocenters. The van der Waals surface area contributed by atoms with Crippen LogP contribution in [0, 0.1) is 6.92 Å². The Morgan fingerprint density at radius 3 is 2.64 bits per heavy atom. The van der Waals surface area contributed by atoms with Crippen LogP contribution in [0.15, 0.2) is 70.1 Å². The molecule has 168 valence electrons. The van der Waals surface area contributed by atoms with Crippen LogP contribution >= 0.6 is 11.8 Å². The lowest BCUT2D eigenvalue weighted by Crippen LogP contribution is -2.37. The lowest BCUT2D eigenvalue weighted by atomic mass is 10.1. The number of rotatable bonds is 8. The van der Waals surface area contributed by atoms with E-state index in [2.05, 4.69) is 10.3 Å². The summed E-state index contributed by atoms with van der Waals surface area (Å²) in [7, 11) is 0. The van der Waals surface area contributed by atoms with Gasteiger partial charge < -0.3 is 9.73 Å². The van der Waals surface area contributed by atoms with Gasteiger partial charge in [0.05, 0.1) is 11.1 Å². The lowest BCUT2D eigenvalue weighted by molar-refractivity contribution is -0.124. The number of nitrogens with one attached hydrogen (secondary N) is 1. The Hall–Kier alpha value is -3.65. The molecule has 3 amide bonds. The Kier molecular flexibility index (Phi) is 7.04. The van der Waals surface area contributed by atoms with E-state index in [1.807, 2.05) is 61.5 Å². The number of carbonyl (C=O) groups is 3. The van der Waals surface area contributed by atoms with E-state index < -0.39 is 0 Å². The second-order valence-electron chi connectivity index (χ2n) is 7.58. The summed E-state index contributed by atoms with van der Waals surface area (Å²) < 4.78 is 5.74. The molecule has 7 nitrogen and oxygen atoms in total. The van der Waals surface area contributed by atoms with Gasteiger partial charge in [0.25, 0.3) is 11.1 Å². The van der Waals surface area contributed by atoms with Crippen LogP contribution in [-0.4, -0.2) is 40.0 Å². The predicted octanol–water partition coefficient (Wildman–Crippen LogP) is 4.44. The molecule has 8 heteroatoms. The molecule has 0 saturated carbocycles. The van der Waals surface area contributed by atoms with Gasteiger partial charge in [0.2, 0.25) is 5.91 Å². The highest BCUT2D eigenvalue weighted by molar-refractivity contribution is 8.18. The Morgan fingerprint density at radius 2 is 1.88 bits per heavy atom. The van der Waals surface area contributed by atoms with E-state index in [4.69, 9.17) is 4.42 Å². The molecule has 0 bridgehead atoms. The molecule has 1 saturated heterocycles. The van der Waals surface area contributed by atoms with Gasteiger partial charge in [0.1, 0.15) is 0 Å². The maximum atomic E-state index is 12.5. The van der Waals surface area contributed by atoms with Crippen molar-refractivity contribution in [2.75, 3.05) is 13.1 Å². The molecule has 0 radical (unpaired) electrons. The fraction of sp³-hybridized carbons (Fsp3) is 0.200. The summed E-state index contributed by atoms with van der Waals surface area (Å²) in [6.07, 6.45) is 3.91. The average Bonchev–Trinajstić information content (AvgIpc) is 3.39. The van der Waals surface area contributed by atoms with Gasteiger partial charge in [-0.1, -0.05) is 60.2 Å². The Bertz CT molecular complexity index is 1190. The number of nitrogens with zero attached hydrogens (tertiary/aromatic N) is 2. The molecule has 3 aromatic rings. The molecule has 2 aromatic carbocycles. The van der Waals surface area contributed by atoms with Crippen molar-refractivity contribution in [3.05, 3.63) is 82.7 Å². The number of imide groups is 1. The molecule has 1 fully saturated rings. The molecular formula is C25H23N3O4S. The minimum atomic E-state index is -0.341. The third-order valence-electron chi connectivity index (χ3n) is 5.08. The van der Waals surface area contributed by atoms with Crippen molar-refractivity contribution in [1.29, 1.82) is 0 Å². The maximum Gasteiger partial charge on any atom is 0.293 e. The normalized spacial score (nSPS) is 14.8. The van der Waals surface area contributed by atoms with E-state index >= 15 is 0 Å². The zero-order valence-corrected chi connectivity index (χ0v) is 18.9. The number of hydrogen-bond acceptors (Lipinski definition) is 6. The molecule has 0 spiro atoms. The van der Waals surface area contributed by atoms with Gasteiger partial charge >= 0.3 is 0 Å². The van der Waals surface area contributed by atoms with E-state index in [0.29, 0.717) is 23.0 Å². The zero-order valence-electron chi connectivity index (χ0n) is 18.1. The van der Waals surface area contributed by atoms with E-state index in [1.54, 1.807) is 12.3 Å². The Balaban J connectivity index is 1.23. The molecule has 1 N–H and O–H groups in total. The minimum absolute atomic E-state index is 0.124. The summed E-state index contributed by atoms with van der Waals surface area (Å²) >= 11 is 0.909. The number of carbonyl (C=O) groups excluding carboxylic acids is 3. The van der Waals surface area contributed by atoms with Crippen LogP contribution in [0.2, 0.25) is 0 Å². The molecule has 4 rings (SSSR count). The fourth-order valence-corrected chi connectivity index (χ4v) is 4.15. The highest BCUT2D eigenvalue weighted by Gasteiger charge is 2.34. The summed E-state index contributed by atoms with van der Waals surface area (Å²) in [6, 6.07) is 17.3. The minimum Gasteiger partial charge on any atom is -0.441 e. The fourth-order valence-electron chi connectivity index (χ4n) is 3.29. The van der Waals surface area contributed by atoms with E-state index in [1.165, 1.54) is 0 Å². The van der Waals surface area contributed by atoms with Crippen LogP contribution in [0.25, 0.3) is 17.4 Å². The number of aryl methyl sites for hydroxylation is 2. The molecule has 1 aromatic heterocycles. The topological polar surface area (TPSA) is 92.5 Å². The highest BCUT2D eigenvalue weighted by atomic mass is 32.2. The second-order valence-corrected chi connectivity index (χ2v) is 8.57. The summed E-state index contributed by atoms with van der Waals surface area (Å²) in [6.45, 7) is 2.33. The van der Waals surface area contributed by atoms with Crippen molar-refractivity contribution in [2.45, 2.75) is 19.8 Å². The number of thioether (sulfide) groups is 1. The largest absolute Gasteiger partial charge is 0.441 e. The average molecular weight is 462 g/mol. The first-order valence-corrected chi connectivity index (χ1v) is 11.4. The third-order valence-corrected chi connectivity index (χ3v) is 5.99. The van der Waals surface area contributed by atoms with Crippen molar-refractivity contribution < 1.29 is 18.8 Å². The molecule has 33 heavy (non-hydrogen) atoms. The smallest absolute Gasteiger partial charge is 0.293 e. The SMILES string of the molecule is Cc1ccc(-c2cnc(CCC(=O)NCCN3C(=O)S/C(=C\c4ccccc4)C3=O)o2)cc1. The monoisotopic (exact) mass is 461 g/mol. The van der Waals surface area contributed by atoms with Crippen molar-refractivity contribution in [3.8, 4) is 11.3 Å². The summed E-state index contributed by atoms with van der Waals surface area (Å²) in [5, 5.41) is 2.41. The first kappa shape index (κ1) is 22.5. The third kappa shape index (κ3) is 5.78. The zero-order chi connectivity index (χ0) is 23.2. The first-order chi connectivity index (χ1) is 16.0. The van der Waals surface area contributed by atoms with Crippen LogP contribution in [-0.2, 0) is 16.0 Å². The molecule has 1 aliphatic heterocycles. The standard InChI is InChI=1S/C25H23N3O4S/c1-17-7-9-19(10-8-17)20-16-27-23(32-20)12-11-22(29)26-13-14-28-24(30)21(33-25(28)31)15-18-5-3-2-4-6-18/h2-10,15-16H,11-14H2,1H3,(H,26,29)/b21-15-. The van der Waals surface area contributed by atoms with Gasteiger partial charge in [-0.15, -0.1) is 0 Å². The van der Waals surface area contributed by atoms with Gasteiger partial charge in [-0.25, -0.2) is 4.98 Å². The van der Waals surface area contributed by atoms with Crippen molar-refractivity contribution in [3.63, 3.8) is 0 Å². The summed E-state index contributed by atoms with van der Waals surface area (Å²) in [4.78, 5) is 42.7. The highest BCUT2D eigenvalue weighted by Crippen LogP contribution is 2.31. The van der Waals surface area contributed by atoms with Gasteiger partial charge in [-0.3, -0.25) is 19.3 Å².